The van der Waals surface area contributed by atoms with E-state index in [1.165, 1.54) is 48.5 Å². The van der Waals surface area contributed by atoms with Gasteiger partial charge in [-0.1, -0.05) is 24.3 Å². The number of rotatable bonds is 5. The van der Waals surface area contributed by atoms with E-state index in [9.17, 15) is 22.9 Å². The Labute approximate surface area is 180 Å². The van der Waals surface area contributed by atoms with E-state index in [2.05, 4.69) is 10.0 Å². The summed E-state index contributed by atoms with van der Waals surface area (Å²) >= 11 is -1.68. The molecular formula is C23H18F2N2O3S. The summed E-state index contributed by atoms with van der Waals surface area (Å²) in [6, 6.07) is 16.1. The van der Waals surface area contributed by atoms with Crippen molar-refractivity contribution in [3.8, 4) is 0 Å². The molecule has 2 N–H and O–H groups in total. The summed E-state index contributed by atoms with van der Waals surface area (Å²) < 4.78 is 41.8. The minimum Gasteiger partial charge on any atom is -0.592 e. The van der Waals surface area contributed by atoms with Crippen molar-refractivity contribution >= 4 is 28.7 Å². The number of carbonyl (C=O) groups is 2. The third-order valence-electron chi connectivity index (χ3n) is 4.99. The first-order valence-electron chi connectivity index (χ1n) is 9.53. The summed E-state index contributed by atoms with van der Waals surface area (Å²) in [7, 11) is 0. The van der Waals surface area contributed by atoms with Gasteiger partial charge in [-0.15, -0.1) is 0 Å². The lowest BCUT2D eigenvalue weighted by atomic mass is 9.98. The number of nitrogens with one attached hydrogen (secondary N) is 2. The van der Waals surface area contributed by atoms with E-state index in [1.54, 1.807) is 18.2 Å². The predicted octanol–water partition coefficient (Wildman–Crippen LogP) is 3.78. The standard InChI is InChI=1S/C23H18F2N2O3S/c24-17-7-4-14(5-8-17)13-26-23(29)16-6-9-20-19(12-16)22(28)21(31(30)27-20)11-15-2-1-3-18(25)10-15/h1-10,12,21,27H,11,13H2,(H,26,29). The van der Waals surface area contributed by atoms with Gasteiger partial charge in [-0.2, -0.15) is 0 Å². The maximum Gasteiger partial charge on any atom is 0.251 e. The fourth-order valence-electron chi connectivity index (χ4n) is 3.36. The van der Waals surface area contributed by atoms with Crippen LogP contribution in [0.2, 0.25) is 0 Å². The Morgan fingerprint density at radius 1 is 1.00 bits per heavy atom. The van der Waals surface area contributed by atoms with E-state index in [0.29, 0.717) is 11.3 Å². The van der Waals surface area contributed by atoms with E-state index in [1.807, 2.05) is 0 Å². The Hall–Kier alpha value is -3.23. The molecule has 2 unspecified atom stereocenters. The van der Waals surface area contributed by atoms with Crippen molar-refractivity contribution in [3.05, 3.63) is 101 Å². The quantitative estimate of drug-likeness (QED) is 0.592. The van der Waals surface area contributed by atoms with E-state index in [-0.39, 0.29) is 35.7 Å². The first-order chi connectivity index (χ1) is 14.9. The molecule has 0 saturated carbocycles. The van der Waals surface area contributed by atoms with Crippen LogP contribution in [0.5, 0.6) is 0 Å². The van der Waals surface area contributed by atoms with Gasteiger partial charge in [0.05, 0.1) is 22.6 Å². The van der Waals surface area contributed by atoms with Crippen LogP contribution in [0.4, 0.5) is 14.5 Å². The van der Waals surface area contributed by atoms with Crippen molar-refractivity contribution in [1.82, 2.24) is 5.32 Å². The number of ketones is 1. The molecule has 1 aliphatic heterocycles. The fourth-order valence-corrected chi connectivity index (χ4v) is 4.56. The third-order valence-corrected chi connectivity index (χ3v) is 6.30. The van der Waals surface area contributed by atoms with Crippen LogP contribution in [0.25, 0.3) is 0 Å². The number of benzene rings is 3. The highest BCUT2D eigenvalue weighted by molar-refractivity contribution is 7.94. The van der Waals surface area contributed by atoms with Crippen LogP contribution >= 0.6 is 0 Å². The molecule has 1 aliphatic rings. The van der Waals surface area contributed by atoms with Gasteiger partial charge in [-0.05, 0) is 53.6 Å². The molecule has 0 radical (unpaired) electrons. The Kier molecular flexibility index (Phi) is 6.01. The van der Waals surface area contributed by atoms with E-state index in [4.69, 9.17) is 0 Å². The largest absolute Gasteiger partial charge is 0.592 e. The van der Waals surface area contributed by atoms with Crippen LogP contribution < -0.4 is 10.0 Å². The molecule has 1 amide bonds. The van der Waals surface area contributed by atoms with Crippen LogP contribution in [0.15, 0.2) is 66.7 Å². The average Bonchev–Trinajstić information content (AvgIpc) is 2.76. The second-order valence-corrected chi connectivity index (χ2v) is 8.52. The molecule has 0 fully saturated rings. The molecule has 1 heterocycles. The van der Waals surface area contributed by atoms with Gasteiger partial charge in [-0.25, -0.2) is 13.5 Å². The highest BCUT2D eigenvalue weighted by Crippen LogP contribution is 2.30. The monoisotopic (exact) mass is 440 g/mol. The first-order valence-corrected chi connectivity index (χ1v) is 10.7. The molecule has 2 atom stereocenters. The average molecular weight is 440 g/mol. The van der Waals surface area contributed by atoms with Gasteiger partial charge in [0.15, 0.2) is 0 Å². The van der Waals surface area contributed by atoms with Gasteiger partial charge in [0.2, 0.25) is 11.0 Å². The molecule has 4 rings (SSSR count). The molecule has 0 bridgehead atoms. The highest BCUT2D eigenvalue weighted by Gasteiger charge is 2.39. The Morgan fingerprint density at radius 3 is 2.52 bits per heavy atom. The van der Waals surface area contributed by atoms with E-state index >= 15 is 0 Å². The summed E-state index contributed by atoms with van der Waals surface area (Å²) in [4.78, 5) is 25.5. The van der Waals surface area contributed by atoms with Crippen LogP contribution in [0.1, 0.15) is 31.8 Å². The SMILES string of the molecule is O=C(NCc1ccc(F)cc1)c1ccc2c(c1)C(=O)C(Cc1cccc(F)c1)[S+]([O-])N2. The zero-order valence-corrected chi connectivity index (χ0v) is 17.0. The number of Topliss-reactive ketones (excluding diaryl/α,β-unsaturated/α-hetero) is 1. The third kappa shape index (κ3) is 4.76. The normalized spacial score (nSPS) is 17.6. The number of amides is 1. The van der Waals surface area contributed by atoms with Gasteiger partial charge in [-0.3, -0.25) is 9.59 Å². The number of halogens is 2. The second-order valence-electron chi connectivity index (χ2n) is 7.16. The molecule has 0 aromatic heterocycles. The number of anilines is 1. The molecule has 8 heteroatoms. The van der Waals surface area contributed by atoms with Crippen molar-refractivity contribution in [2.75, 3.05) is 4.72 Å². The minimum absolute atomic E-state index is 0.108. The van der Waals surface area contributed by atoms with Gasteiger partial charge in [0, 0.05) is 18.5 Å². The summed E-state index contributed by atoms with van der Waals surface area (Å²) in [6.45, 7) is 0.203. The van der Waals surface area contributed by atoms with E-state index < -0.39 is 28.3 Å². The maximum atomic E-state index is 13.5. The van der Waals surface area contributed by atoms with Crippen molar-refractivity contribution in [1.29, 1.82) is 0 Å². The lowest BCUT2D eigenvalue weighted by molar-refractivity contribution is 0.0951. The summed E-state index contributed by atoms with van der Waals surface area (Å²) in [5.74, 6) is -1.56. The number of hydrogen-bond acceptors (Lipinski definition) is 4. The fraction of sp³-hybridized carbons (Fsp3) is 0.130. The van der Waals surface area contributed by atoms with Crippen molar-refractivity contribution in [3.63, 3.8) is 0 Å². The molecule has 0 aliphatic carbocycles. The zero-order valence-electron chi connectivity index (χ0n) is 16.2. The van der Waals surface area contributed by atoms with Crippen molar-refractivity contribution in [2.45, 2.75) is 18.2 Å². The van der Waals surface area contributed by atoms with Crippen molar-refractivity contribution in [2.24, 2.45) is 0 Å². The van der Waals surface area contributed by atoms with Crippen LogP contribution in [0.3, 0.4) is 0 Å². The highest BCUT2D eigenvalue weighted by atomic mass is 32.2. The number of fused-ring (bicyclic) bond motifs is 1. The van der Waals surface area contributed by atoms with Crippen molar-refractivity contribution < 1.29 is 22.9 Å². The first kappa shape index (κ1) is 21.0. The van der Waals surface area contributed by atoms with Crippen LogP contribution in [0, 0.1) is 11.6 Å². The molecule has 0 saturated heterocycles. The lowest BCUT2D eigenvalue weighted by Crippen LogP contribution is -2.41. The minimum atomic E-state index is -1.68. The van der Waals surface area contributed by atoms with Crippen LogP contribution in [-0.2, 0) is 24.3 Å². The predicted molar refractivity (Wildman–Crippen MR) is 114 cm³/mol. The molecule has 31 heavy (non-hydrogen) atoms. The molecule has 0 spiro atoms. The number of hydrogen-bond donors (Lipinski definition) is 2. The molecule has 5 nitrogen and oxygen atoms in total. The summed E-state index contributed by atoms with van der Waals surface area (Å²) in [5.41, 5.74) is 2.21. The topological polar surface area (TPSA) is 81.3 Å². The Morgan fingerprint density at radius 2 is 1.77 bits per heavy atom. The molecular weight excluding hydrogens is 422 g/mol. The Balaban J connectivity index is 1.50. The lowest BCUT2D eigenvalue weighted by Gasteiger charge is -2.27. The van der Waals surface area contributed by atoms with E-state index in [0.717, 1.165) is 5.56 Å². The van der Waals surface area contributed by atoms with Gasteiger partial charge in [0.1, 0.15) is 11.6 Å². The van der Waals surface area contributed by atoms with Gasteiger partial charge in [0.25, 0.3) is 5.91 Å². The molecule has 158 valence electrons. The summed E-state index contributed by atoms with van der Waals surface area (Å²) in [5, 5.41) is 1.83. The summed E-state index contributed by atoms with van der Waals surface area (Å²) in [6.07, 6.45) is 0.108. The van der Waals surface area contributed by atoms with Gasteiger partial charge < -0.3 is 9.87 Å². The molecule has 3 aromatic rings. The second kappa shape index (κ2) is 8.87. The smallest absolute Gasteiger partial charge is 0.251 e. The van der Waals surface area contributed by atoms with Crippen LogP contribution in [-0.4, -0.2) is 21.5 Å². The zero-order chi connectivity index (χ0) is 22.0. The molecule has 3 aromatic carbocycles. The Bertz CT molecular complexity index is 1140. The number of carbonyl (C=O) groups excluding carboxylic acids is 2. The van der Waals surface area contributed by atoms with Gasteiger partial charge >= 0.3 is 0 Å². The maximum absolute atomic E-state index is 13.5.